The molecule has 0 heterocycles. The van der Waals surface area contributed by atoms with Crippen molar-refractivity contribution in [3.05, 3.63) is 10.2 Å². The number of unbranched alkanes of at least 4 members (excludes halogenated alkanes) is 3. The van der Waals surface area contributed by atoms with Crippen LogP contribution in [0.5, 0.6) is 0 Å². The van der Waals surface area contributed by atoms with Crippen LogP contribution in [-0.2, 0) is 4.43 Å². The molecule has 0 rings (SSSR count). The van der Waals surface area contributed by atoms with Gasteiger partial charge in [-0.1, -0.05) is 0 Å². The van der Waals surface area contributed by atoms with E-state index in [4.69, 9.17) is 4.43 Å². The Kier molecular flexibility index (Phi) is 12.5. The molecule has 0 aliphatic carbocycles. The van der Waals surface area contributed by atoms with E-state index in [1.165, 1.54) is 38.5 Å². The van der Waals surface area contributed by atoms with E-state index in [0.29, 0.717) is 5.04 Å². The second-order valence-corrected chi connectivity index (χ2v) is 27.0. The molecule has 0 radical (unpaired) electrons. The van der Waals surface area contributed by atoms with Crippen LogP contribution in [0.4, 0.5) is 0 Å². The van der Waals surface area contributed by atoms with Crippen molar-refractivity contribution in [2.75, 3.05) is 6.61 Å². The molecule has 0 atom stereocenters. The van der Waals surface area contributed by atoms with E-state index in [9.17, 15) is 0 Å². The van der Waals surface area contributed by atoms with Crippen molar-refractivity contribution < 1.29 is 4.43 Å². The third-order valence-electron chi connectivity index (χ3n) is 5.90. The van der Waals surface area contributed by atoms with Gasteiger partial charge in [0.2, 0.25) is 0 Å². The third kappa shape index (κ3) is 9.42. The Morgan fingerprint density at radius 1 is 0.833 bits per heavy atom. The second-order valence-electron chi connectivity index (χ2n) is 9.15. The summed E-state index contributed by atoms with van der Waals surface area (Å²) in [6, 6.07) is 0. The predicted molar refractivity (Wildman–Crippen MR) is 117 cm³/mol. The molecule has 0 aliphatic rings. The van der Waals surface area contributed by atoms with Crippen molar-refractivity contribution in [2.45, 2.75) is 112 Å². The van der Waals surface area contributed by atoms with Crippen molar-refractivity contribution in [3.63, 3.8) is 0 Å². The fourth-order valence-electron chi connectivity index (χ4n) is 2.98. The molecule has 0 fully saturated rings. The van der Waals surface area contributed by atoms with Gasteiger partial charge in [0.15, 0.2) is 0 Å². The summed E-state index contributed by atoms with van der Waals surface area (Å²) in [7, 11) is -1.61. The fourth-order valence-corrected chi connectivity index (χ4v) is 18.3. The molecule has 0 aromatic rings. The van der Waals surface area contributed by atoms with Gasteiger partial charge >= 0.3 is 159 Å². The summed E-state index contributed by atoms with van der Waals surface area (Å²) < 4.78 is 13.8. The molecule has 0 unspecified atom stereocenters. The summed E-state index contributed by atoms with van der Waals surface area (Å²) in [6.07, 6.45) is 10.8. The van der Waals surface area contributed by atoms with E-state index in [1.807, 2.05) is 0 Å². The molecule has 0 saturated heterocycles. The third-order valence-corrected chi connectivity index (χ3v) is 24.6. The van der Waals surface area contributed by atoms with E-state index in [0.717, 1.165) is 6.61 Å². The Morgan fingerprint density at radius 3 is 1.58 bits per heavy atom. The van der Waals surface area contributed by atoms with Crippen LogP contribution >= 0.6 is 0 Å². The molecule has 0 aliphatic heterocycles. The van der Waals surface area contributed by atoms with Gasteiger partial charge < -0.3 is 0 Å². The van der Waals surface area contributed by atoms with Crippen LogP contribution in [0.2, 0.25) is 31.4 Å². The van der Waals surface area contributed by atoms with E-state index in [2.05, 4.69) is 64.8 Å². The molecule has 0 bridgehead atoms. The van der Waals surface area contributed by atoms with E-state index < -0.39 is 26.7 Å². The zero-order valence-electron chi connectivity index (χ0n) is 18.1. The average Bonchev–Trinajstić information content (AvgIpc) is 2.51. The molecule has 0 N–H and O–H groups in total. The van der Waals surface area contributed by atoms with Crippen molar-refractivity contribution >= 4 is 26.7 Å². The van der Waals surface area contributed by atoms with Gasteiger partial charge in [0.25, 0.3) is 0 Å². The average molecular weight is 461 g/mol. The fraction of sp³-hybridized carbons (Fsp3) is 0.905. The minimum atomic E-state index is -2.10. The molecular formula is C21H46OSiSn. The Bertz CT molecular complexity index is 322. The standard InChI is InChI=1S/C9H19OSi.3C4H9.Sn/c1-7-8-10-11(5,6)9(2,3)4;3*1-3-4-2;/h1,7H,8H2,2-6H3;3*1,3-4H2,2H3;. The molecule has 1 nitrogen and oxygen atoms in total. The van der Waals surface area contributed by atoms with Crippen molar-refractivity contribution in [2.24, 2.45) is 0 Å². The maximum atomic E-state index is 6.39. The maximum absolute atomic E-state index is 6.39. The molecular weight excluding hydrogens is 415 g/mol. The first kappa shape index (κ1) is 24.7. The van der Waals surface area contributed by atoms with E-state index >= 15 is 0 Å². The summed E-state index contributed by atoms with van der Waals surface area (Å²) in [5.74, 6) is 0. The summed E-state index contributed by atoms with van der Waals surface area (Å²) >= 11 is -2.10. The van der Waals surface area contributed by atoms with Crippen LogP contribution in [0.1, 0.15) is 80.1 Å². The Hall–Kier alpha value is 0.716. The van der Waals surface area contributed by atoms with Gasteiger partial charge in [-0.25, -0.2) is 0 Å². The van der Waals surface area contributed by atoms with Crippen LogP contribution in [0, 0.1) is 0 Å². The Morgan fingerprint density at radius 2 is 1.25 bits per heavy atom. The number of rotatable bonds is 13. The number of hydrogen-bond acceptors (Lipinski definition) is 1. The van der Waals surface area contributed by atoms with Crippen LogP contribution in [0.15, 0.2) is 10.2 Å². The van der Waals surface area contributed by atoms with E-state index in [-0.39, 0.29) is 0 Å². The first-order chi connectivity index (χ1) is 11.1. The molecule has 0 saturated carbocycles. The molecule has 0 spiro atoms. The predicted octanol–water partition coefficient (Wildman–Crippen LogP) is 7.95. The molecule has 0 amide bonds. The molecule has 0 aromatic heterocycles. The van der Waals surface area contributed by atoms with Crippen molar-refractivity contribution in [1.82, 2.24) is 0 Å². The zero-order chi connectivity index (χ0) is 18.7. The summed E-state index contributed by atoms with van der Waals surface area (Å²) in [5, 5.41) is 0.313. The van der Waals surface area contributed by atoms with Crippen LogP contribution < -0.4 is 0 Å². The zero-order valence-corrected chi connectivity index (χ0v) is 22.0. The van der Waals surface area contributed by atoms with Gasteiger partial charge in [-0.2, -0.15) is 0 Å². The molecule has 144 valence electrons. The monoisotopic (exact) mass is 462 g/mol. The minimum absolute atomic E-state index is 0.313. The molecule has 0 aromatic carbocycles. The van der Waals surface area contributed by atoms with Gasteiger partial charge in [-0.05, 0) is 0 Å². The quantitative estimate of drug-likeness (QED) is 0.253. The van der Waals surface area contributed by atoms with Crippen molar-refractivity contribution in [3.8, 4) is 0 Å². The van der Waals surface area contributed by atoms with Crippen LogP contribution in [0.3, 0.4) is 0 Å². The second kappa shape index (κ2) is 12.2. The van der Waals surface area contributed by atoms with Crippen LogP contribution in [-0.4, -0.2) is 33.3 Å². The SMILES string of the molecule is CCC[CH2][Sn](/[CH]=C\CO[Si](C)(C)C(C)(C)C)([CH2]CCC)[CH2]CCC. The summed E-state index contributed by atoms with van der Waals surface area (Å²) in [4.78, 5) is 0. The van der Waals surface area contributed by atoms with E-state index in [1.54, 1.807) is 13.3 Å². The van der Waals surface area contributed by atoms with Gasteiger partial charge in [-0.15, -0.1) is 0 Å². The van der Waals surface area contributed by atoms with Gasteiger partial charge in [-0.3, -0.25) is 0 Å². The molecule has 24 heavy (non-hydrogen) atoms. The van der Waals surface area contributed by atoms with Gasteiger partial charge in [0.05, 0.1) is 0 Å². The first-order valence-electron chi connectivity index (χ1n) is 10.5. The molecule has 3 heteroatoms. The summed E-state index contributed by atoms with van der Waals surface area (Å²) in [6.45, 7) is 19.6. The Labute approximate surface area is 159 Å². The van der Waals surface area contributed by atoms with Crippen molar-refractivity contribution in [1.29, 1.82) is 0 Å². The normalized spacial score (nSPS) is 13.8. The Balaban J connectivity index is 4.92. The topological polar surface area (TPSA) is 9.23 Å². The van der Waals surface area contributed by atoms with Gasteiger partial charge in [0.1, 0.15) is 0 Å². The number of hydrogen-bond donors (Lipinski definition) is 0. The van der Waals surface area contributed by atoms with Gasteiger partial charge in [0, 0.05) is 0 Å². The van der Waals surface area contributed by atoms with Crippen LogP contribution in [0.25, 0.3) is 0 Å². The summed E-state index contributed by atoms with van der Waals surface area (Å²) in [5.41, 5.74) is 0. The first-order valence-corrected chi connectivity index (χ1v) is 21.1.